The van der Waals surface area contributed by atoms with Gasteiger partial charge < -0.3 is 4.57 Å². The fourth-order valence-electron chi connectivity index (χ4n) is 2.42. The zero-order valence-electron chi connectivity index (χ0n) is 9.79. The molecular weight excluding hydrogens is 259 g/mol. The molecule has 3 rings (SSSR count). The molecule has 1 nitrogen and oxygen atoms in total. The Labute approximate surface area is 107 Å². The van der Waals surface area contributed by atoms with Crippen molar-refractivity contribution >= 4 is 22.7 Å². The molecule has 1 aliphatic rings. The molecule has 1 heterocycles. The highest BCUT2D eigenvalue weighted by Gasteiger charge is 2.37. The predicted octanol–water partition coefficient (Wildman–Crippen LogP) is 4.67. The smallest absolute Gasteiger partial charge is 0.346 e. The van der Waals surface area contributed by atoms with E-state index in [0.29, 0.717) is 16.2 Å². The van der Waals surface area contributed by atoms with E-state index >= 15 is 0 Å². The first-order chi connectivity index (χ1) is 8.47. The van der Waals surface area contributed by atoms with Gasteiger partial charge in [0.1, 0.15) is 0 Å². The maximum Gasteiger partial charge on any atom is 0.446 e. The monoisotopic (exact) mass is 271 g/mol. The second kappa shape index (κ2) is 3.95. The molecule has 0 N–H and O–H groups in total. The molecule has 18 heavy (non-hydrogen) atoms. The van der Waals surface area contributed by atoms with Gasteiger partial charge in [-0.3, -0.25) is 0 Å². The van der Waals surface area contributed by atoms with E-state index in [4.69, 9.17) is 0 Å². The number of alkyl halides is 3. The van der Waals surface area contributed by atoms with Crippen LogP contribution in [-0.2, 0) is 7.05 Å². The van der Waals surface area contributed by atoms with Gasteiger partial charge in [-0.2, -0.15) is 13.2 Å². The Morgan fingerprint density at radius 2 is 1.89 bits per heavy atom. The highest BCUT2D eigenvalue weighted by Crippen LogP contribution is 2.51. The lowest BCUT2D eigenvalue weighted by Gasteiger charge is -2.08. The minimum absolute atomic E-state index is 0.0252. The van der Waals surface area contributed by atoms with Gasteiger partial charge in [-0.05, 0) is 30.7 Å². The Morgan fingerprint density at radius 3 is 2.50 bits per heavy atom. The summed E-state index contributed by atoms with van der Waals surface area (Å²) in [6, 6.07) is 7.30. The normalized spacial score (nSPS) is 16.4. The molecule has 96 valence electrons. The van der Waals surface area contributed by atoms with Crippen molar-refractivity contribution in [1.29, 1.82) is 0 Å². The van der Waals surface area contributed by atoms with E-state index in [1.807, 2.05) is 23.7 Å². The zero-order chi connectivity index (χ0) is 12.9. The van der Waals surface area contributed by atoms with Gasteiger partial charge in [-0.15, -0.1) is 0 Å². The molecule has 1 aromatic carbocycles. The Balaban J connectivity index is 2.22. The molecule has 0 aliphatic heterocycles. The largest absolute Gasteiger partial charge is 0.446 e. The van der Waals surface area contributed by atoms with Crippen molar-refractivity contribution in [2.45, 2.75) is 29.2 Å². The molecular formula is C13H12F3NS. The van der Waals surface area contributed by atoms with E-state index in [1.54, 1.807) is 12.1 Å². The van der Waals surface area contributed by atoms with Crippen molar-refractivity contribution in [1.82, 2.24) is 4.57 Å². The van der Waals surface area contributed by atoms with Crippen molar-refractivity contribution in [2.24, 2.45) is 7.05 Å². The van der Waals surface area contributed by atoms with E-state index in [2.05, 4.69) is 0 Å². The van der Waals surface area contributed by atoms with Crippen LogP contribution < -0.4 is 0 Å². The maximum atomic E-state index is 12.7. The molecule has 0 radical (unpaired) electrons. The first-order valence-electron chi connectivity index (χ1n) is 5.80. The van der Waals surface area contributed by atoms with Gasteiger partial charge in [0.25, 0.3) is 0 Å². The maximum absolute atomic E-state index is 12.7. The summed E-state index contributed by atoms with van der Waals surface area (Å²) in [4.78, 5) is 0.392. The lowest BCUT2D eigenvalue weighted by Crippen LogP contribution is -2.01. The number of aromatic nitrogens is 1. The van der Waals surface area contributed by atoms with Gasteiger partial charge in [-0.1, -0.05) is 18.2 Å². The highest BCUT2D eigenvalue weighted by atomic mass is 32.2. The van der Waals surface area contributed by atoms with Gasteiger partial charge in [0.15, 0.2) is 0 Å². The number of rotatable bonds is 2. The van der Waals surface area contributed by atoms with Crippen LogP contribution in [0.1, 0.15) is 24.5 Å². The topological polar surface area (TPSA) is 4.93 Å². The standard InChI is InChI=1S/C13H12F3NS/c1-17-10-5-3-2-4-9(10)12(18-13(14,15)16)11(17)8-6-7-8/h2-5,8H,6-7H2,1H3. The summed E-state index contributed by atoms with van der Waals surface area (Å²) in [5.74, 6) is 0.298. The Hall–Kier alpha value is -1.10. The lowest BCUT2D eigenvalue weighted by atomic mass is 10.2. The number of halogens is 3. The summed E-state index contributed by atoms with van der Waals surface area (Å²) in [5.41, 5.74) is -2.50. The van der Waals surface area contributed by atoms with Crippen molar-refractivity contribution in [3.8, 4) is 0 Å². The van der Waals surface area contributed by atoms with Crippen molar-refractivity contribution in [3.05, 3.63) is 30.0 Å². The third kappa shape index (κ3) is 2.00. The molecule has 0 atom stereocenters. The van der Waals surface area contributed by atoms with Gasteiger partial charge in [0, 0.05) is 34.5 Å². The van der Waals surface area contributed by atoms with Crippen LogP contribution in [0.2, 0.25) is 0 Å². The fourth-order valence-corrected chi connectivity index (χ4v) is 3.34. The van der Waals surface area contributed by atoms with E-state index in [9.17, 15) is 13.2 Å². The van der Waals surface area contributed by atoms with Gasteiger partial charge >= 0.3 is 5.51 Å². The zero-order valence-corrected chi connectivity index (χ0v) is 10.6. The average Bonchev–Trinajstić information content (AvgIpc) is 3.07. The van der Waals surface area contributed by atoms with Gasteiger partial charge in [-0.25, -0.2) is 0 Å². The Bertz CT molecular complexity index is 596. The molecule has 0 saturated heterocycles. The van der Waals surface area contributed by atoms with Crippen LogP contribution in [0.4, 0.5) is 13.2 Å². The van der Waals surface area contributed by atoms with Gasteiger partial charge in [0.05, 0.1) is 0 Å². The van der Waals surface area contributed by atoms with Crippen LogP contribution in [0.3, 0.4) is 0 Å². The van der Waals surface area contributed by atoms with E-state index in [0.717, 1.165) is 24.1 Å². The number of thioether (sulfide) groups is 1. The first-order valence-corrected chi connectivity index (χ1v) is 6.62. The van der Waals surface area contributed by atoms with E-state index < -0.39 is 5.51 Å². The van der Waals surface area contributed by atoms with Crippen molar-refractivity contribution in [2.75, 3.05) is 0 Å². The second-order valence-corrected chi connectivity index (χ2v) is 5.69. The predicted molar refractivity (Wildman–Crippen MR) is 66.8 cm³/mol. The molecule has 1 saturated carbocycles. The molecule has 5 heteroatoms. The molecule has 1 fully saturated rings. The third-order valence-corrected chi connectivity index (χ3v) is 4.15. The fraction of sp³-hybridized carbons (Fsp3) is 0.385. The van der Waals surface area contributed by atoms with Crippen LogP contribution in [-0.4, -0.2) is 10.1 Å². The van der Waals surface area contributed by atoms with Crippen LogP contribution in [0.25, 0.3) is 10.9 Å². The molecule has 0 amide bonds. The van der Waals surface area contributed by atoms with Gasteiger partial charge in [0.2, 0.25) is 0 Å². The molecule has 0 unspecified atom stereocenters. The number of nitrogens with zero attached hydrogens (tertiary/aromatic N) is 1. The highest BCUT2D eigenvalue weighted by molar-refractivity contribution is 8.00. The van der Waals surface area contributed by atoms with Crippen LogP contribution in [0.15, 0.2) is 29.2 Å². The summed E-state index contributed by atoms with van der Waals surface area (Å²) in [6.07, 6.45) is 1.99. The van der Waals surface area contributed by atoms with Crippen LogP contribution >= 0.6 is 11.8 Å². The average molecular weight is 271 g/mol. The quantitative estimate of drug-likeness (QED) is 0.719. The number of fused-ring (bicyclic) bond motifs is 1. The number of hydrogen-bond acceptors (Lipinski definition) is 1. The number of aryl methyl sites for hydroxylation is 1. The van der Waals surface area contributed by atoms with E-state index in [1.165, 1.54) is 0 Å². The minimum atomic E-state index is -4.23. The summed E-state index contributed by atoms with van der Waals surface area (Å²) < 4.78 is 40.0. The Kier molecular flexibility index (Phi) is 2.62. The molecule has 2 aromatic rings. The summed E-state index contributed by atoms with van der Waals surface area (Å²) in [6.45, 7) is 0. The second-order valence-electron chi connectivity index (χ2n) is 4.61. The Morgan fingerprint density at radius 1 is 1.22 bits per heavy atom. The first kappa shape index (κ1) is 12.0. The number of benzene rings is 1. The van der Waals surface area contributed by atoms with Crippen molar-refractivity contribution < 1.29 is 13.2 Å². The summed E-state index contributed by atoms with van der Waals surface area (Å²) in [5, 5.41) is 0.712. The summed E-state index contributed by atoms with van der Waals surface area (Å²) >= 11 is 0.0252. The minimum Gasteiger partial charge on any atom is -0.346 e. The molecule has 1 aromatic heterocycles. The third-order valence-electron chi connectivity index (χ3n) is 3.29. The summed E-state index contributed by atoms with van der Waals surface area (Å²) in [7, 11) is 1.86. The SMILES string of the molecule is Cn1c(C2CC2)c(SC(F)(F)F)c2ccccc21. The van der Waals surface area contributed by atoms with Crippen LogP contribution in [0.5, 0.6) is 0 Å². The molecule has 1 aliphatic carbocycles. The number of para-hydroxylation sites is 1. The van der Waals surface area contributed by atoms with Crippen molar-refractivity contribution in [3.63, 3.8) is 0 Å². The van der Waals surface area contributed by atoms with Crippen LogP contribution in [0, 0.1) is 0 Å². The van der Waals surface area contributed by atoms with E-state index in [-0.39, 0.29) is 11.8 Å². The molecule has 0 bridgehead atoms. The lowest BCUT2D eigenvalue weighted by molar-refractivity contribution is -0.0328. The molecule has 0 spiro atoms. The number of hydrogen-bond donors (Lipinski definition) is 0.